The molecule has 1 fully saturated rings. The molecule has 1 aromatic heterocycles. The van der Waals surface area contributed by atoms with Gasteiger partial charge in [-0.15, -0.1) is 11.3 Å². The SMILES string of the molecule is CCC1CCC(C(Cc2nc3ccccc3s2)NC)C1. The number of likely N-dealkylation sites (N-methyl/N-ethyl adjacent to an activating group) is 1. The van der Waals surface area contributed by atoms with E-state index in [9.17, 15) is 0 Å². The number of thiazole rings is 1. The molecule has 3 atom stereocenters. The van der Waals surface area contributed by atoms with Crippen LogP contribution in [0.5, 0.6) is 0 Å². The molecule has 3 rings (SSSR count). The van der Waals surface area contributed by atoms with Crippen LogP contribution in [0.15, 0.2) is 24.3 Å². The Labute approximate surface area is 125 Å². The number of nitrogens with one attached hydrogen (secondary N) is 1. The summed E-state index contributed by atoms with van der Waals surface area (Å²) in [4.78, 5) is 4.79. The molecular weight excluding hydrogens is 264 g/mol. The van der Waals surface area contributed by atoms with Gasteiger partial charge in [0.25, 0.3) is 0 Å². The van der Waals surface area contributed by atoms with Crippen molar-refractivity contribution in [3.05, 3.63) is 29.3 Å². The molecule has 0 amide bonds. The van der Waals surface area contributed by atoms with Gasteiger partial charge >= 0.3 is 0 Å². The predicted octanol–water partition coefficient (Wildman–Crippen LogP) is 4.25. The summed E-state index contributed by atoms with van der Waals surface area (Å²) in [5.74, 6) is 1.78. The van der Waals surface area contributed by atoms with Gasteiger partial charge in [-0.05, 0) is 43.9 Å². The zero-order valence-corrected chi connectivity index (χ0v) is 13.2. The summed E-state index contributed by atoms with van der Waals surface area (Å²) in [5.41, 5.74) is 1.15. The summed E-state index contributed by atoms with van der Waals surface area (Å²) in [6.07, 6.45) is 6.62. The average molecular weight is 288 g/mol. The Hall–Kier alpha value is -0.930. The third kappa shape index (κ3) is 2.89. The van der Waals surface area contributed by atoms with Crippen molar-refractivity contribution in [2.45, 2.75) is 45.1 Å². The first-order valence-electron chi connectivity index (χ1n) is 7.81. The zero-order valence-electron chi connectivity index (χ0n) is 12.4. The van der Waals surface area contributed by atoms with E-state index in [1.165, 1.54) is 35.4 Å². The fourth-order valence-corrected chi connectivity index (χ4v) is 4.58. The van der Waals surface area contributed by atoms with Crippen molar-refractivity contribution in [1.29, 1.82) is 0 Å². The maximum atomic E-state index is 4.79. The highest BCUT2D eigenvalue weighted by molar-refractivity contribution is 7.18. The van der Waals surface area contributed by atoms with Crippen LogP contribution >= 0.6 is 11.3 Å². The van der Waals surface area contributed by atoms with Crippen LogP contribution < -0.4 is 5.32 Å². The maximum Gasteiger partial charge on any atom is 0.0954 e. The number of aromatic nitrogens is 1. The van der Waals surface area contributed by atoms with Crippen molar-refractivity contribution >= 4 is 21.6 Å². The highest BCUT2D eigenvalue weighted by Gasteiger charge is 2.29. The van der Waals surface area contributed by atoms with Gasteiger partial charge in [-0.3, -0.25) is 0 Å². The normalized spacial score (nSPS) is 24.3. The average Bonchev–Trinajstić information content (AvgIpc) is 3.10. The Bertz CT molecular complexity index is 530. The van der Waals surface area contributed by atoms with Crippen LogP contribution in [-0.2, 0) is 6.42 Å². The van der Waals surface area contributed by atoms with Gasteiger partial charge in [0.2, 0.25) is 0 Å². The molecule has 3 heteroatoms. The summed E-state index contributed by atoms with van der Waals surface area (Å²) in [5, 5.41) is 4.83. The highest BCUT2D eigenvalue weighted by Crippen LogP contribution is 2.36. The Kier molecular flexibility index (Phi) is 4.37. The highest BCUT2D eigenvalue weighted by atomic mass is 32.1. The van der Waals surface area contributed by atoms with Crippen molar-refractivity contribution in [1.82, 2.24) is 10.3 Å². The van der Waals surface area contributed by atoms with Crippen LogP contribution in [0.4, 0.5) is 0 Å². The van der Waals surface area contributed by atoms with E-state index >= 15 is 0 Å². The Morgan fingerprint density at radius 1 is 1.35 bits per heavy atom. The second-order valence-corrected chi connectivity index (χ2v) is 7.14. The second kappa shape index (κ2) is 6.23. The molecule has 1 aliphatic rings. The Balaban J connectivity index is 1.71. The fourth-order valence-electron chi connectivity index (χ4n) is 3.55. The Morgan fingerprint density at radius 2 is 2.20 bits per heavy atom. The third-order valence-electron chi connectivity index (χ3n) is 4.83. The van der Waals surface area contributed by atoms with Crippen LogP contribution in [-0.4, -0.2) is 18.1 Å². The van der Waals surface area contributed by atoms with E-state index in [0.717, 1.165) is 23.8 Å². The van der Waals surface area contributed by atoms with Crippen molar-refractivity contribution < 1.29 is 0 Å². The topological polar surface area (TPSA) is 24.9 Å². The number of fused-ring (bicyclic) bond motifs is 1. The minimum atomic E-state index is 0.590. The lowest BCUT2D eigenvalue weighted by molar-refractivity contribution is 0.361. The molecule has 1 aromatic carbocycles. The van der Waals surface area contributed by atoms with Crippen LogP contribution in [0.25, 0.3) is 10.2 Å². The molecule has 1 heterocycles. The van der Waals surface area contributed by atoms with Gasteiger partial charge in [-0.25, -0.2) is 4.98 Å². The van der Waals surface area contributed by atoms with Gasteiger partial charge in [-0.1, -0.05) is 31.9 Å². The Morgan fingerprint density at radius 3 is 2.90 bits per heavy atom. The van der Waals surface area contributed by atoms with Gasteiger partial charge in [0.05, 0.1) is 15.2 Å². The molecule has 2 aromatic rings. The molecule has 20 heavy (non-hydrogen) atoms. The second-order valence-electron chi connectivity index (χ2n) is 6.02. The van der Waals surface area contributed by atoms with E-state index < -0.39 is 0 Å². The first kappa shape index (κ1) is 14.0. The third-order valence-corrected chi connectivity index (χ3v) is 5.89. The van der Waals surface area contributed by atoms with E-state index in [4.69, 9.17) is 4.98 Å². The molecule has 0 bridgehead atoms. The van der Waals surface area contributed by atoms with Gasteiger partial charge in [0.15, 0.2) is 0 Å². The predicted molar refractivity (Wildman–Crippen MR) is 87.3 cm³/mol. The molecule has 1 N–H and O–H groups in total. The van der Waals surface area contributed by atoms with Gasteiger partial charge in [0.1, 0.15) is 0 Å². The first-order valence-corrected chi connectivity index (χ1v) is 8.63. The van der Waals surface area contributed by atoms with Crippen LogP contribution in [0.1, 0.15) is 37.6 Å². The number of nitrogens with zero attached hydrogens (tertiary/aromatic N) is 1. The lowest BCUT2D eigenvalue weighted by Gasteiger charge is -2.22. The van der Waals surface area contributed by atoms with Gasteiger partial charge in [0, 0.05) is 12.5 Å². The molecule has 0 radical (unpaired) electrons. The van der Waals surface area contributed by atoms with Crippen molar-refractivity contribution in [2.24, 2.45) is 11.8 Å². The van der Waals surface area contributed by atoms with E-state index in [0.29, 0.717) is 6.04 Å². The summed E-state index contributed by atoms with van der Waals surface area (Å²) < 4.78 is 1.32. The van der Waals surface area contributed by atoms with Crippen LogP contribution in [0.2, 0.25) is 0 Å². The van der Waals surface area contributed by atoms with Crippen molar-refractivity contribution in [3.8, 4) is 0 Å². The summed E-state index contributed by atoms with van der Waals surface area (Å²) in [7, 11) is 2.11. The molecule has 108 valence electrons. The van der Waals surface area contributed by atoms with E-state index in [2.05, 4.69) is 43.6 Å². The fraction of sp³-hybridized carbons (Fsp3) is 0.588. The molecule has 1 saturated carbocycles. The van der Waals surface area contributed by atoms with Crippen molar-refractivity contribution in [3.63, 3.8) is 0 Å². The number of para-hydroxylation sites is 1. The summed E-state index contributed by atoms with van der Waals surface area (Å²) in [6, 6.07) is 9.06. The van der Waals surface area contributed by atoms with E-state index in [-0.39, 0.29) is 0 Å². The van der Waals surface area contributed by atoms with Crippen LogP contribution in [0, 0.1) is 11.8 Å². The molecule has 0 aliphatic heterocycles. The molecule has 0 spiro atoms. The lowest BCUT2D eigenvalue weighted by Crippen LogP contribution is -2.34. The molecule has 2 nitrogen and oxygen atoms in total. The minimum Gasteiger partial charge on any atom is -0.316 e. The van der Waals surface area contributed by atoms with Gasteiger partial charge in [-0.2, -0.15) is 0 Å². The number of hydrogen-bond acceptors (Lipinski definition) is 3. The summed E-state index contributed by atoms with van der Waals surface area (Å²) in [6.45, 7) is 2.33. The largest absolute Gasteiger partial charge is 0.316 e. The van der Waals surface area contributed by atoms with E-state index in [1.807, 2.05) is 11.3 Å². The zero-order chi connectivity index (χ0) is 13.9. The number of benzene rings is 1. The molecule has 3 unspecified atom stereocenters. The number of hydrogen-bond donors (Lipinski definition) is 1. The van der Waals surface area contributed by atoms with Gasteiger partial charge < -0.3 is 5.32 Å². The minimum absolute atomic E-state index is 0.590. The maximum absolute atomic E-state index is 4.79. The number of rotatable bonds is 5. The monoisotopic (exact) mass is 288 g/mol. The van der Waals surface area contributed by atoms with E-state index in [1.54, 1.807) is 0 Å². The summed E-state index contributed by atoms with van der Waals surface area (Å²) >= 11 is 1.86. The first-order chi connectivity index (χ1) is 9.80. The molecule has 0 saturated heterocycles. The standard InChI is InChI=1S/C17H24N2S/c1-3-12-8-9-13(10-12)15(18-2)11-17-19-14-6-4-5-7-16(14)20-17/h4-7,12-13,15,18H,3,8-11H2,1-2H3. The van der Waals surface area contributed by atoms with Crippen molar-refractivity contribution in [2.75, 3.05) is 7.05 Å². The molecule has 1 aliphatic carbocycles. The smallest absolute Gasteiger partial charge is 0.0954 e. The quantitative estimate of drug-likeness (QED) is 0.889. The molecular formula is C17H24N2S. The lowest BCUT2D eigenvalue weighted by atomic mass is 9.94. The van der Waals surface area contributed by atoms with Crippen LogP contribution in [0.3, 0.4) is 0 Å².